The number of hydrogen-bond donors (Lipinski definition) is 1. The summed E-state index contributed by atoms with van der Waals surface area (Å²) in [6, 6.07) is 11.2. The third kappa shape index (κ3) is 3.53. The van der Waals surface area contributed by atoms with E-state index in [9.17, 15) is 4.79 Å². The van der Waals surface area contributed by atoms with E-state index < -0.39 is 0 Å². The Morgan fingerprint density at radius 2 is 1.90 bits per heavy atom. The fourth-order valence-corrected chi connectivity index (χ4v) is 2.31. The predicted molar refractivity (Wildman–Crippen MR) is 84.7 cm³/mol. The van der Waals surface area contributed by atoms with E-state index in [4.69, 9.17) is 23.2 Å². The van der Waals surface area contributed by atoms with Crippen LogP contribution in [0.2, 0.25) is 10.0 Å². The van der Waals surface area contributed by atoms with Gasteiger partial charge in [0.2, 0.25) is 5.91 Å². The first kappa shape index (κ1) is 14.9. The zero-order valence-electron chi connectivity index (χ0n) is 11.3. The molecule has 2 aromatic rings. The Kier molecular flexibility index (Phi) is 4.69. The number of carbonyl (C=O) groups is 1. The Balaban J connectivity index is 2.13. The first-order valence-electron chi connectivity index (χ1n) is 6.27. The van der Waals surface area contributed by atoms with E-state index in [1.54, 1.807) is 18.2 Å². The molecule has 0 aliphatic rings. The van der Waals surface area contributed by atoms with Gasteiger partial charge in [-0.15, -0.1) is 0 Å². The maximum absolute atomic E-state index is 12.1. The molecule has 0 saturated carbocycles. The van der Waals surface area contributed by atoms with E-state index in [2.05, 4.69) is 5.32 Å². The Bertz CT molecular complexity index is 647. The van der Waals surface area contributed by atoms with Crippen LogP contribution in [0.3, 0.4) is 0 Å². The molecule has 2 aromatic carbocycles. The van der Waals surface area contributed by atoms with Crippen molar-refractivity contribution >= 4 is 34.8 Å². The van der Waals surface area contributed by atoms with Crippen LogP contribution in [0.25, 0.3) is 0 Å². The number of nitrogens with one attached hydrogen (secondary N) is 1. The van der Waals surface area contributed by atoms with Crippen LogP contribution >= 0.6 is 23.2 Å². The van der Waals surface area contributed by atoms with Gasteiger partial charge in [0.15, 0.2) is 0 Å². The summed E-state index contributed by atoms with van der Waals surface area (Å²) in [5, 5.41) is 3.58. The van der Waals surface area contributed by atoms with Gasteiger partial charge in [0, 0.05) is 0 Å². The van der Waals surface area contributed by atoms with E-state index in [-0.39, 0.29) is 5.91 Å². The first-order valence-corrected chi connectivity index (χ1v) is 7.03. The van der Waals surface area contributed by atoms with Crippen LogP contribution in [0.15, 0.2) is 36.4 Å². The van der Waals surface area contributed by atoms with Crippen molar-refractivity contribution in [1.82, 2.24) is 0 Å². The van der Waals surface area contributed by atoms with Gasteiger partial charge in [-0.3, -0.25) is 4.79 Å². The average molecular weight is 308 g/mol. The molecule has 104 valence electrons. The lowest BCUT2D eigenvalue weighted by Crippen LogP contribution is -2.15. The van der Waals surface area contributed by atoms with Gasteiger partial charge in [-0.25, -0.2) is 0 Å². The summed E-state index contributed by atoms with van der Waals surface area (Å²) in [6.07, 6.45) is 0.316. The molecule has 0 atom stereocenters. The second-order valence-corrected chi connectivity index (χ2v) is 5.54. The topological polar surface area (TPSA) is 29.1 Å². The van der Waals surface area contributed by atoms with Crippen molar-refractivity contribution in [3.63, 3.8) is 0 Å². The number of aryl methyl sites for hydroxylation is 2. The van der Waals surface area contributed by atoms with Crippen LogP contribution in [0.5, 0.6) is 0 Å². The number of carbonyl (C=O) groups excluding carboxylic acids is 1. The number of benzene rings is 2. The minimum atomic E-state index is -0.108. The fourth-order valence-electron chi connectivity index (χ4n) is 1.96. The van der Waals surface area contributed by atoms with Crippen molar-refractivity contribution < 1.29 is 4.79 Å². The SMILES string of the molecule is Cc1ccc(C)c(CC(=O)Nc2cccc(Cl)c2Cl)c1. The third-order valence-electron chi connectivity index (χ3n) is 3.08. The number of rotatable bonds is 3. The molecule has 1 N–H and O–H groups in total. The minimum absolute atomic E-state index is 0.108. The second kappa shape index (κ2) is 6.29. The molecule has 1 amide bonds. The van der Waals surface area contributed by atoms with E-state index in [0.717, 1.165) is 16.7 Å². The zero-order valence-corrected chi connectivity index (χ0v) is 12.8. The van der Waals surface area contributed by atoms with Crippen molar-refractivity contribution in [2.75, 3.05) is 5.32 Å². The summed E-state index contributed by atoms with van der Waals surface area (Å²) in [5.41, 5.74) is 3.79. The summed E-state index contributed by atoms with van der Waals surface area (Å²) in [4.78, 5) is 12.1. The summed E-state index contributed by atoms with van der Waals surface area (Å²) >= 11 is 12.0. The third-order valence-corrected chi connectivity index (χ3v) is 3.90. The molecular formula is C16H15Cl2NO. The maximum atomic E-state index is 12.1. The van der Waals surface area contributed by atoms with Crippen molar-refractivity contribution in [3.8, 4) is 0 Å². The van der Waals surface area contributed by atoms with Crippen molar-refractivity contribution in [2.45, 2.75) is 20.3 Å². The van der Waals surface area contributed by atoms with E-state index in [1.807, 2.05) is 32.0 Å². The Morgan fingerprint density at radius 1 is 1.15 bits per heavy atom. The highest BCUT2D eigenvalue weighted by molar-refractivity contribution is 6.43. The van der Waals surface area contributed by atoms with Crippen LogP contribution in [0.4, 0.5) is 5.69 Å². The highest BCUT2D eigenvalue weighted by atomic mass is 35.5. The molecule has 2 rings (SSSR count). The molecular weight excluding hydrogens is 293 g/mol. The van der Waals surface area contributed by atoms with Crippen LogP contribution in [-0.4, -0.2) is 5.91 Å². The van der Waals surface area contributed by atoms with E-state index in [1.165, 1.54) is 0 Å². The van der Waals surface area contributed by atoms with Crippen LogP contribution in [0, 0.1) is 13.8 Å². The number of halogens is 2. The molecule has 0 aliphatic heterocycles. The summed E-state index contributed by atoms with van der Waals surface area (Å²) < 4.78 is 0. The predicted octanol–water partition coefficient (Wildman–Crippen LogP) is 4.79. The minimum Gasteiger partial charge on any atom is -0.324 e. The lowest BCUT2D eigenvalue weighted by Gasteiger charge is -2.10. The lowest BCUT2D eigenvalue weighted by atomic mass is 10.0. The molecule has 0 heterocycles. The van der Waals surface area contributed by atoms with Gasteiger partial charge in [0.25, 0.3) is 0 Å². The van der Waals surface area contributed by atoms with Gasteiger partial charge < -0.3 is 5.32 Å². The first-order chi connectivity index (χ1) is 9.47. The average Bonchev–Trinajstić information content (AvgIpc) is 2.39. The van der Waals surface area contributed by atoms with Gasteiger partial charge in [-0.1, -0.05) is 53.0 Å². The van der Waals surface area contributed by atoms with Gasteiger partial charge >= 0.3 is 0 Å². The standard InChI is InChI=1S/C16H15Cl2NO/c1-10-6-7-11(2)12(8-10)9-15(20)19-14-5-3-4-13(17)16(14)18/h3-8H,9H2,1-2H3,(H,19,20). The summed E-state index contributed by atoms with van der Waals surface area (Å²) in [7, 11) is 0. The van der Waals surface area contributed by atoms with Crippen LogP contribution in [0.1, 0.15) is 16.7 Å². The quantitative estimate of drug-likeness (QED) is 0.867. The molecule has 0 bridgehead atoms. The monoisotopic (exact) mass is 307 g/mol. The van der Waals surface area contributed by atoms with Crippen molar-refractivity contribution in [1.29, 1.82) is 0 Å². The van der Waals surface area contributed by atoms with E-state index >= 15 is 0 Å². The molecule has 4 heteroatoms. The molecule has 2 nitrogen and oxygen atoms in total. The van der Waals surface area contributed by atoms with Crippen LogP contribution in [-0.2, 0) is 11.2 Å². The molecule has 0 spiro atoms. The smallest absolute Gasteiger partial charge is 0.228 e. The zero-order chi connectivity index (χ0) is 14.7. The highest BCUT2D eigenvalue weighted by Gasteiger charge is 2.10. The van der Waals surface area contributed by atoms with Gasteiger partial charge in [0.1, 0.15) is 0 Å². The summed E-state index contributed by atoms with van der Waals surface area (Å²) in [6.45, 7) is 4.00. The molecule has 0 aromatic heterocycles. The largest absolute Gasteiger partial charge is 0.324 e. The second-order valence-electron chi connectivity index (χ2n) is 4.76. The number of hydrogen-bond acceptors (Lipinski definition) is 1. The van der Waals surface area contributed by atoms with Crippen molar-refractivity contribution in [3.05, 3.63) is 63.1 Å². The Labute approximate surface area is 128 Å². The van der Waals surface area contributed by atoms with Gasteiger partial charge in [-0.2, -0.15) is 0 Å². The molecule has 0 radical (unpaired) electrons. The van der Waals surface area contributed by atoms with E-state index in [0.29, 0.717) is 22.2 Å². The van der Waals surface area contributed by atoms with Gasteiger partial charge in [0.05, 0.1) is 22.2 Å². The molecule has 0 aliphatic carbocycles. The van der Waals surface area contributed by atoms with Crippen molar-refractivity contribution in [2.24, 2.45) is 0 Å². The highest BCUT2D eigenvalue weighted by Crippen LogP contribution is 2.29. The molecule has 20 heavy (non-hydrogen) atoms. The fraction of sp³-hybridized carbons (Fsp3) is 0.188. The molecule has 0 saturated heterocycles. The number of amides is 1. The Morgan fingerprint density at radius 3 is 2.65 bits per heavy atom. The summed E-state index contributed by atoms with van der Waals surface area (Å²) in [5.74, 6) is -0.108. The maximum Gasteiger partial charge on any atom is 0.228 e. The Hall–Kier alpha value is -1.51. The van der Waals surface area contributed by atoms with Crippen LogP contribution < -0.4 is 5.32 Å². The normalized spacial score (nSPS) is 10.4. The molecule has 0 fully saturated rings. The number of anilines is 1. The van der Waals surface area contributed by atoms with Gasteiger partial charge in [-0.05, 0) is 37.1 Å². The lowest BCUT2D eigenvalue weighted by molar-refractivity contribution is -0.115. The molecule has 0 unspecified atom stereocenters.